The summed E-state index contributed by atoms with van der Waals surface area (Å²) in [6.07, 6.45) is 0.495. The average molecular weight is 440 g/mol. The summed E-state index contributed by atoms with van der Waals surface area (Å²) >= 11 is 0. The molecule has 0 aliphatic carbocycles. The fraction of sp³-hybridized carbons (Fsp3) is 0.375. The predicted molar refractivity (Wildman–Crippen MR) is 118 cm³/mol. The first-order valence-corrected chi connectivity index (χ1v) is 10.7. The average Bonchev–Trinajstić information content (AvgIpc) is 2.82. The first kappa shape index (κ1) is 23.1. The van der Waals surface area contributed by atoms with Gasteiger partial charge in [0.1, 0.15) is 30.8 Å². The Kier molecular flexibility index (Phi) is 8.48. The van der Waals surface area contributed by atoms with Crippen LogP contribution < -0.4 is 14.8 Å². The molecule has 8 heteroatoms. The molecule has 170 valence electrons. The lowest BCUT2D eigenvalue weighted by atomic mass is 10.1. The number of hydrogen-bond donors (Lipinski definition) is 1. The van der Waals surface area contributed by atoms with Gasteiger partial charge in [-0.15, -0.1) is 0 Å². The van der Waals surface area contributed by atoms with Gasteiger partial charge in [0.25, 0.3) is 5.91 Å². The third-order valence-electron chi connectivity index (χ3n) is 4.89. The van der Waals surface area contributed by atoms with E-state index in [0.29, 0.717) is 37.4 Å². The number of para-hydroxylation sites is 2. The molecule has 1 aliphatic heterocycles. The third-order valence-corrected chi connectivity index (χ3v) is 4.89. The molecule has 1 heterocycles. The van der Waals surface area contributed by atoms with Crippen LogP contribution in [-0.4, -0.2) is 61.6 Å². The van der Waals surface area contributed by atoms with E-state index in [1.165, 1.54) is 4.90 Å². The van der Waals surface area contributed by atoms with Crippen molar-refractivity contribution in [2.75, 3.05) is 32.9 Å². The number of nitrogens with zero attached hydrogens (tertiary/aromatic N) is 1. The lowest BCUT2D eigenvalue weighted by molar-refractivity contribution is -0.147. The highest BCUT2D eigenvalue weighted by Gasteiger charge is 2.36. The quantitative estimate of drug-likeness (QED) is 0.451. The molecule has 2 aromatic carbocycles. The maximum Gasteiger partial charge on any atom is 0.308 e. The SMILES string of the molecule is CCCOC(=O)CC1C(=O)NCCN1C(=O)c1ccccc1OCCOc1ccccc1. The predicted octanol–water partition coefficient (Wildman–Crippen LogP) is 2.43. The molecular weight excluding hydrogens is 412 g/mol. The summed E-state index contributed by atoms with van der Waals surface area (Å²) < 4.78 is 16.5. The summed E-state index contributed by atoms with van der Waals surface area (Å²) in [4.78, 5) is 39.2. The van der Waals surface area contributed by atoms with Crippen molar-refractivity contribution in [3.05, 3.63) is 60.2 Å². The van der Waals surface area contributed by atoms with E-state index in [0.717, 1.165) is 5.75 Å². The van der Waals surface area contributed by atoms with Gasteiger partial charge in [-0.1, -0.05) is 37.3 Å². The van der Waals surface area contributed by atoms with Crippen LogP contribution in [0.5, 0.6) is 11.5 Å². The number of rotatable bonds is 10. The minimum atomic E-state index is -0.921. The molecule has 2 amide bonds. The molecule has 1 atom stereocenters. The second-order valence-corrected chi connectivity index (χ2v) is 7.24. The topological polar surface area (TPSA) is 94.2 Å². The molecule has 2 aromatic rings. The summed E-state index contributed by atoms with van der Waals surface area (Å²) in [6.45, 7) is 3.33. The van der Waals surface area contributed by atoms with Gasteiger partial charge in [-0.3, -0.25) is 14.4 Å². The number of amides is 2. The Morgan fingerprint density at radius 3 is 2.50 bits per heavy atom. The van der Waals surface area contributed by atoms with Gasteiger partial charge in [0, 0.05) is 13.1 Å². The fourth-order valence-electron chi connectivity index (χ4n) is 3.35. The Hall–Kier alpha value is -3.55. The minimum absolute atomic E-state index is 0.189. The van der Waals surface area contributed by atoms with Crippen LogP contribution in [0.3, 0.4) is 0 Å². The molecule has 0 radical (unpaired) electrons. The molecule has 8 nitrogen and oxygen atoms in total. The van der Waals surface area contributed by atoms with Gasteiger partial charge in [-0.2, -0.15) is 0 Å². The molecule has 0 saturated carbocycles. The zero-order valence-electron chi connectivity index (χ0n) is 18.1. The molecule has 1 N–H and O–H groups in total. The summed E-state index contributed by atoms with van der Waals surface area (Å²) in [5.74, 6) is -0.111. The molecule has 0 aromatic heterocycles. The van der Waals surface area contributed by atoms with Crippen molar-refractivity contribution in [1.29, 1.82) is 0 Å². The first-order chi connectivity index (χ1) is 15.6. The Balaban J connectivity index is 1.65. The van der Waals surface area contributed by atoms with Crippen molar-refractivity contribution >= 4 is 17.8 Å². The summed E-state index contributed by atoms with van der Waals surface area (Å²) in [6, 6.07) is 15.3. The fourth-order valence-corrected chi connectivity index (χ4v) is 3.35. The number of carbonyl (C=O) groups is 3. The second kappa shape index (κ2) is 11.7. The monoisotopic (exact) mass is 440 g/mol. The van der Waals surface area contributed by atoms with Crippen LogP contribution in [0.25, 0.3) is 0 Å². The minimum Gasteiger partial charge on any atom is -0.490 e. The zero-order valence-corrected chi connectivity index (χ0v) is 18.1. The van der Waals surface area contributed by atoms with E-state index < -0.39 is 12.0 Å². The summed E-state index contributed by atoms with van der Waals surface area (Å²) in [5, 5.41) is 2.71. The number of nitrogens with one attached hydrogen (secondary N) is 1. The molecule has 0 spiro atoms. The summed E-state index contributed by atoms with van der Waals surface area (Å²) in [5.41, 5.74) is 0.328. The Morgan fingerprint density at radius 2 is 1.72 bits per heavy atom. The highest BCUT2D eigenvalue weighted by atomic mass is 16.5. The molecule has 1 fully saturated rings. The number of piperazine rings is 1. The molecule has 0 bridgehead atoms. The van der Waals surface area contributed by atoms with Crippen molar-refractivity contribution < 1.29 is 28.6 Å². The highest BCUT2D eigenvalue weighted by Crippen LogP contribution is 2.23. The molecule has 1 saturated heterocycles. The standard InChI is InChI=1S/C24H28N2O6/c1-2-14-32-22(27)17-20-23(28)25-12-13-26(20)24(29)19-10-6-7-11-21(19)31-16-15-30-18-8-4-3-5-9-18/h3-11,20H,2,12-17H2,1H3,(H,25,28). The highest BCUT2D eigenvalue weighted by molar-refractivity contribution is 6.01. The van der Waals surface area contributed by atoms with E-state index in [4.69, 9.17) is 14.2 Å². The van der Waals surface area contributed by atoms with Crippen LogP contribution in [0.1, 0.15) is 30.1 Å². The maximum atomic E-state index is 13.3. The van der Waals surface area contributed by atoms with Gasteiger partial charge < -0.3 is 24.4 Å². The van der Waals surface area contributed by atoms with Crippen molar-refractivity contribution in [2.24, 2.45) is 0 Å². The number of hydrogen-bond acceptors (Lipinski definition) is 6. The first-order valence-electron chi connectivity index (χ1n) is 10.7. The van der Waals surface area contributed by atoms with Crippen molar-refractivity contribution in [3.63, 3.8) is 0 Å². The Labute approximate surface area is 187 Å². The van der Waals surface area contributed by atoms with Gasteiger partial charge in [0.15, 0.2) is 0 Å². The van der Waals surface area contributed by atoms with Crippen molar-refractivity contribution in [2.45, 2.75) is 25.8 Å². The van der Waals surface area contributed by atoms with Crippen molar-refractivity contribution in [3.8, 4) is 11.5 Å². The molecule has 1 aliphatic rings. The normalized spacial score (nSPS) is 15.6. The van der Waals surface area contributed by atoms with Crippen LogP contribution in [0.4, 0.5) is 0 Å². The van der Waals surface area contributed by atoms with E-state index in [1.54, 1.807) is 24.3 Å². The van der Waals surface area contributed by atoms with Crippen LogP contribution in [0.2, 0.25) is 0 Å². The smallest absolute Gasteiger partial charge is 0.308 e. The molecular formula is C24H28N2O6. The Morgan fingerprint density at radius 1 is 1.00 bits per heavy atom. The largest absolute Gasteiger partial charge is 0.490 e. The van der Waals surface area contributed by atoms with Crippen molar-refractivity contribution in [1.82, 2.24) is 10.2 Å². The Bertz CT molecular complexity index is 918. The lowest BCUT2D eigenvalue weighted by Crippen LogP contribution is -2.57. The maximum absolute atomic E-state index is 13.3. The number of carbonyl (C=O) groups excluding carboxylic acids is 3. The van der Waals surface area contributed by atoms with Gasteiger partial charge in [0.2, 0.25) is 5.91 Å². The van der Waals surface area contributed by atoms with Gasteiger partial charge in [-0.25, -0.2) is 0 Å². The van der Waals surface area contributed by atoms with Crippen LogP contribution in [0.15, 0.2) is 54.6 Å². The van der Waals surface area contributed by atoms with Gasteiger partial charge in [-0.05, 0) is 30.7 Å². The van der Waals surface area contributed by atoms with E-state index in [-0.39, 0.29) is 31.4 Å². The number of benzene rings is 2. The van der Waals surface area contributed by atoms with E-state index >= 15 is 0 Å². The molecule has 3 rings (SSSR count). The van der Waals surface area contributed by atoms with E-state index in [2.05, 4.69) is 5.32 Å². The second-order valence-electron chi connectivity index (χ2n) is 7.24. The molecule has 32 heavy (non-hydrogen) atoms. The molecule has 1 unspecified atom stereocenters. The van der Waals surface area contributed by atoms with Gasteiger partial charge >= 0.3 is 5.97 Å². The van der Waals surface area contributed by atoms with Crippen LogP contribution in [-0.2, 0) is 14.3 Å². The zero-order chi connectivity index (χ0) is 22.8. The third kappa shape index (κ3) is 6.23. The number of esters is 1. The van der Waals surface area contributed by atoms with Gasteiger partial charge in [0.05, 0.1) is 18.6 Å². The lowest BCUT2D eigenvalue weighted by Gasteiger charge is -2.34. The van der Waals surface area contributed by atoms with E-state index in [9.17, 15) is 14.4 Å². The van der Waals surface area contributed by atoms with Crippen LogP contribution >= 0.6 is 0 Å². The van der Waals surface area contributed by atoms with E-state index in [1.807, 2.05) is 37.3 Å². The number of ether oxygens (including phenoxy) is 3. The van der Waals surface area contributed by atoms with Crippen LogP contribution in [0, 0.1) is 0 Å². The summed E-state index contributed by atoms with van der Waals surface area (Å²) in [7, 11) is 0.